The maximum Gasteiger partial charge on any atom is 0.254 e. The van der Waals surface area contributed by atoms with Crippen molar-refractivity contribution in [3.05, 3.63) is 34.3 Å². The van der Waals surface area contributed by atoms with Crippen molar-refractivity contribution in [1.82, 2.24) is 4.90 Å². The summed E-state index contributed by atoms with van der Waals surface area (Å²) in [4.78, 5) is 14.4. The van der Waals surface area contributed by atoms with Crippen molar-refractivity contribution in [2.45, 2.75) is 32.2 Å². The van der Waals surface area contributed by atoms with Crippen molar-refractivity contribution < 1.29 is 4.79 Å². The van der Waals surface area contributed by atoms with Gasteiger partial charge >= 0.3 is 0 Å². The quantitative estimate of drug-likeness (QED) is 0.894. The van der Waals surface area contributed by atoms with Gasteiger partial charge in [0.25, 0.3) is 5.91 Å². The highest BCUT2D eigenvalue weighted by Crippen LogP contribution is 2.22. The van der Waals surface area contributed by atoms with Gasteiger partial charge in [-0.25, -0.2) is 0 Å². The Morgan fingerprint density at radius 3 is 2.94 bits per heavy atom. The first kappa shape index (κ1) is 13.4. The lowest BCUT2D eigenvalue weighted by Crippen LogP contribution is -2.47. The fraction of sp³-hybridized carbons (Fsp3) is 0.500. The third-order valence-electron chi connectivity index (χ3n) is 3.58. The summed E-state index contributed by atoms with van der Waals surface area (Å²) >= 11 is 5.92. The van der Waals surface area contributed by atoms with E-state index < -0.39 is 0 Å². The molecule has 1 atom stereocenters. The first-order valence-corrected chi connectivity index (χ1v) is 6.78. The fourth-order valence-corrected chi connectivity index (χ4v) is 2.76. The maximum absolute atomic E-state index is 12.5. The first-order valence-electron chi connectivity index (χ1n) is 6.40. The Morgan fingerprint density at radius 1 is 1.50 bits per heavy atom. The molecule has 2 N–H and O–H groups in total. The van der Waals surface area contributed by atoms with Crippen molar-refractivity contribution >= 4 is 17.5 Å². The van der Waals surface area contributed by atoms with Crippen LogP contribution in [0.15, 0.2) is 18.2 Å². The minimum absolute atomic E-state index is 0.0827. The summed E-state index contributed by atoms with van der Waals surface area (Å²) in [5, 5.41) is 0.665. The number of amides is 1. The van der Waals surface area contributed by atoms with Crippen LogP contribution in [0.3, 0.4) is 0 Å². The number of nitrogens with two attached hydrogens (primary N) is 1. The Kier molecular flexibility index (Phi) is 4.25. The zero-order valence-electron chi connectivity index (χ0n) is 10.7. The molecule has 1 saturated heterocycles. The van der Waals surface area contributed by atoms with Crippen LogP contribution in [0.5, 0.6) is 0 Å². The fourth-order valence-electron chi connectivity index (χ4n) is 2.53. The van der Waals surface area contributed by atoms with E-state index in [9.17, 15) is 4.79 Å². The summed E-state index contributed by atoms with van der Waals surface area (Å²) in [6.07, 6.45) is 3.23. The van der Waals surface area contributed by atoms with E-state index in [0.29, 0.717) is 11.6 Å². The molecule has 1 aliphatic rings. The second-order valence-electron chi connectivity index (χ2n) is 4.84. The Balaban J connectivity index is 2.24. The zero-order valence-corrected chi connectivity index (χ0v) is 11.4. The number of halogens is 1. The van der Waals surface area contributed by atoms with Gasteiger partial charge in [0.05, 0.1) is 0 Å². The molecule has 0 spiro atoms. The summed E-state index contributed by atoms with van der Waals surface area (Å²) in [5.41, 5.74) is 7.42. The Labute approximate surface area is 113 Å². The lowest BCUT2D eigenvalue weighted by atomic mass is 9.99. The molecule has 1 amide bonds. The molecule has 4 heteroatoms. The highest BCUT2D eigenvalue weighted by atomic mass is 35.5. The number of nitrogens with zero attached hydrogens (tertiary/aromatic N) is 1. The number of hydrogen-bond donors (Lipinski definition) is 1. The lowest BCUT2D eigenvalue weighted by Gasteiger charge is -2.35. The molecule has 1 heterocycles. The van der Waals surface area contributed by atoms with Gasteiger partial charge in [0.15, 0.2) is 0 Å². The molecule has 18 heavy (non-hydrogen) atoms. The maximum atomic E-state index is 12.5. The van der Waals surface area contributed by atoms with Crippen molar-refractivity contribution in [1.29, 1.82) is 0 Å². The summed E-state index contributed by atoms with van der Waals surface area (Å²) in [5.74, 6) is 0.0827. The van der Waals surface area contributed by atoms with Gasteiger partial charge in [-0.2, -0.15) is 0 Å². The zero-order chi connectivity index (χ0) is 13.1. The third kappa shape index (κ3) is 2.68. The average molecular weight is 267 g/mol. The van der Waals surface area contributed by atoms with E-state index in [0.717, 1.165) is 36.9 Å². The predicted molar refractivity (Wildman–Crippen MR) is 73.9 cm³/mol. The van der Waals surface area contributed by atoms with Crippen molar-refractivity contribution in [3.8, 4) is 0 Å². The number of hydrogen-bond acceptors (Lipinski definition) is 2. The van der Waals surface area contributed by atoms with E-state index in [1.807, 2.05) is 24.0 Å². The number of piperidine rings is 1. The monoisotopic (exact) mass is 266 g/mol. The summed E-state index contributed by atoms with van der Waals surface area (Å²) in [6.45, 7) is 3.27. The molecule has 1 fully saturated rings. The van der Waals surface area contributed by atoms with Gasteiger partial charge in [-0.05, 0) is 49.9 Å². The van der Waals surface area contributed by atoms with E-state index in [1.165, 1.54) is 0 Å². The van der Waals surface area contributed by atoms with Gasteiger partial charge in [0.2, 0.25) is 0 Å². The van der Waals surface area contributed by atoms with Gasteiger partial charge in [-0.15, -0.1) is 0 Å². The molecule has 2 rings (SSSR count). The largest absolute Gasteiger partial charge is 0.334 e. The molecule has 98 valence electrons. The second kappa shape index (κ2) is 5.72. The molecule has 1 aliphatic heterocycles. The normalized spacial score (nSPS) is 19.9. The minimum Gasteiger partial charge on any atom is -0.334 e. The van der Waals surface area contributed by atoms with Crippen LogP contribution < -0.4 is 5.73 Å². The van der Waals surface area contributed by atoms with E-state index >= 15 is 0 Å². The van der Waals surface area contributed by atoms with E-state index in [4.69, 9.17) is 17.3 Å². The van der Waals surface area contributed by atoms with E-state index in [2.05, 4.69) is 0 Å². The minimum atomic E-state index is 0.0827. The molecule has 0 aliphatic carbocycles. The van der Waals surface area contributed by atoms with E-state index in [1.54, 1.807) is 6.07 Å². The highest BCUT2D eigenvalue weighted by Gasteiger charge is 2.27. The van der Waals surface area contributed by atoms with Crippen LogP contribution >= 0.6 is 11.6 Å². The molecule has 1 unspecified atom stereocenters. The molecule has 0 aromatic heterocycles. The molecule has 3 nitrogen and oxygen atoms in total. The van der Waals surface area contributed by atoms with Crippen LogP contribution in [0, 0.1) is 6.92 Å². The van der Waals surface area contributed by atoms with Gasteiger partial charge in [0, 0.05) is 29.7 Å². The second-order valence-corrected chi connectivity index (χ2v) is 5.28. The molecule has 1 aromatic rings. The van der Waals surface area contributed by atoms with Crippen molar-refractivity contribution in [3.63, 3.8) is 0 Å². The third-order valence-corrected chi connectivity index (χ3v) is 3.81. The highest BCUT2D eigenvalue weighted by molar-refractivity contribution is 6.30. The molecule has 0 saturated carbocycles. The predicted octanol–water partition coefficient (Wildman–Crippen LogP) is 2.60. The molecule has 0 bridgehead atoms. The summed E-state index contributed by atoms with van der Waals surface area (Å²) in [6, 6.07) is 5.59. The lowest BCUT2D eigenvalue weighted by molar-refractivity contribution is 0.0622. The molecular formula is C14H19ClN2O. The van der Waals surface area contributed by atoms with Gasteiger partial charge in [-0.1, -0.05) is 11.6 Å². The van der Waals surface area contributed by atoms with Crippen LogP contribution in [0.4, 0.5) is 0 Å². The number of carbonyl (C=O) groups is 1. The summed E-state index contributed by atoms with van der Waals surface area (Å²) < 4.78 is 0. The topological polar surface area (TPSA) is 46.3 Å². The Bertz CT molecular complexity index is 447. The number of aryl methyl sites for hydroxylation is 1. The first-order chi connectivity index (χ1) is 8.63. The van der Waals surface area contributed by atoms with Gasteiger partial charge in [0.1, 0.15) is 0 Å². The molecule has 0 radical (unpaired) electrons. The smallest absolute Gasteiger partial charge is 0.254 e. The van der Waals surface area contributed by atoms with Gasteiger partial charge in [-0.3, -0.25) is 4.79 Å². The van der Waals surface area contributed by atoms with E-state index in [-0.39, 0.29) is 11.9 Å². The SMILES string of the molecule is Cc1cc(Cl)ccc1C(=O)N1CCCCC1CN. The van der Waals surface area contributed by atoms with Crippen LogP contribution in [-0.2, 0) is 0 Å². The van der Waals surface area contributed by atoms with Crippen molar-refractivity contribution in [2.75, 3.05) is 13.1 Å². The Hall–Kier alpha value is -1.06. The number of carbonyl (C=O) groups excluding carboxylic acids is 1. The molecular weight excluding hydrogens is 248 g/mol. The summed E-state index contributed by atoms with van der Waals surface area (Å²) in [7, 11) is 0. The molecule has 1 aromatic carbocycles. The number of benzene rings is 1. The van der Waals surface area contributed by atoms with Crippen LogP contribution in [-0.4, -0.2) is 29.9 Å². The van der Waals surface area contributed by atoms with Crippen molar-refractivity contribution in [2.24, 2.45) is 5.73 Å². The van der Waals surface area contributed by atoms with Crippen LogP contribution in [0.2, 0.25) is 5.02 Å². The number of likely N-dealkylation sites (tertiary alicyclic amines) is 1. The number of rotatable bonds is 2. The van der Waals surface area contributed by atoms with Gasteiger partial charge < -0.3 is 10.6 Å². The standard InChI is InChI=1S/C14H19ClN2O/c1-10-8-11(15)5-6-13(10)14(18)17-7-3-2-4-12(17)9-16/h5-6,8,12H,2-4,7,9,16H2,1H3. The van der Waals surface area contributed by atoms with Crippen LogP contribution in [0.1, 0.15) is 35.2 Å². The Morgan fingerprint density at radius 2 is 2.28 bits per heavy atom. The van der Waals surface area contributed by atoms with Crippen LogP contribution in [0.25, 0.3) is 0 Å². The average Bonchev–Trinajstić information content (AvgIpc) is 2.38.